The topological polar surface area (TPSA) is 85.3 Å². The number of anilines is 1. The molecule has 0 unspecified atom stereocenters. The molecule has 1 aliphatic carbocycles. The van der Waals surface area contributed by atoms with E-state index in [2.05, 4.69) is 0 Å². The van der Waals surface area contributed by atoms with E-state index in [1.807, 2.05) is 0 Å². The van der Waals surface area contributed by atoms with Crippen LogP contribution in [0.5, 0.6) is 0 Å². The van der Waals surface area contributed by atoms with Crippen molar-refractivity contribution >= 4 is 22.6 Å². The van der Waals surface area contributed by atoms with E-state index in [4.69, 9.17) is 5.73 Å². The van der Waals surface area contributed by atoms with Crippen LogP contribution in [-0.2, 0) is 0 Å². The summed E-state index contributed by atoms with van der Waals surface area (Å²) in [6.07, 6.45) is 2.91. The zero-order valence-corrected chi connectivity index (χ0v) is 14.4. The first-order chi connectivity index (χ1) is 12.8. The van der Waals surface area contributed by atoms with Crippen molar-refractivity contribution in [3.8, 4) is 5.69 Å². The molecular weight excluding hydrogens is 354 g/mol. The maximum absolute atomic E-state index is 14.7. The Morgan fingerprint density at radius 1 is 1.22 bits per heavy atom. The average Bonchev–Trinajstić information content (AvgIpc) is 3.43. The minimum Gasteiger partial charge on any atom is -0.477 e. The van der Waals surface area contributed by atoms with Crippen LogP contribution in [0.2, 0.25) is 0 Å². The van der Waals surface area contributed by atoms with E-state index in [0.717, 1.165) is 25.0 Å². The predicted octanol–water partition coefficient (Wildman–Crippen LogP) is 3.74. The number of nitrogens with zero attached hydrogens (tertiary/aromatic N) is 1. The summed E-state index contributed by atoms with van der Waals surface area (Å²) in [4.78, 5) is 24.2. The fourth-order valence-electron chi connectivity index (χ4n) is 3.57. The molecular formula is C20H16F2N2O3. The number of hydrogen-bond acceptors (Lipinski definition) is 3. The summed E-state index contributed by atoms with van der Waals surface area (Å²) < 4.78 is 29.7. The van der Waals surface area contributed by atoms with Crippen molar-refractivity contribution in [2.24, 2.45) is 0 Å². The number of benzene rings is 2. The number of nitrogen functional groups attached to an aromatic ring is 1. The normalized spacial score (nSPS) is 13.9. The molecule has 3 aromatic rings. The number of hydrogen-bond donors (Lipinski definition) is 2. The van der Waals surface area contributed by atoms with E-state index < -0.39 is 28.6 Å². The smallest absolute Gasteiger partial charge is 0.341 e. The second-order valence-electron chi connectivity index (χ2n) is 6.82. The SMILES string of the molecule is Cc1c(C2CC2)c(F)cc2c(=O)c(C(=O)O)cn(-c3ccc(F)c(N)c3)c12. The fraction of sp³-hybridized carbons (Fsp3) is 0.200. The lowest BCUT2D eigenvalue weighted by molar-refractivity contribution is 0.0695. The van der Waals surface area contributed by atoms with Crippen LogP contribution in [0.25, 0.3) is 16.6 Å². The van der Waals surface area contributed by atoms with Gasteiger partial charge in [-0.1, -0.05) is 0 Å². The first kappa shape index (κ1) is 17.2. The number of fused-ring (bicyclic) bond motifs is 1. The molecule has 0 spiro atoms. The quantitative estimate of drug-likeness (QED) is 0.688. The molecule has 4 rings (SSSR count). The van der Waals surface area contributed by atoms with Crippen LogP contribution < -0.4 is 11.2 Å². The minimum absolute atomic E-state index is 0.0304. The van der Waals surface area contributed by atoms with E-state index in [9.17, 15) is 23.5 Å². The van der Waals surface area contributed by atoms with Gasteiger partial charge in [-0.25, -0.2) is 13.6 Å². The van der Waals surface area contributed by atoms with Gasteiger partial charge in [0, 0.05) is 11.9 Å². The third kappa shape index (κ3) is 2.66. The molecule has 0 amide bonds. The third-order valence-corrected chi connectivity index (χ3v) is 5.00. The van der Waals surface area contributed by atoms with Gasteiger partial charge < -0.3 is 15.4 Å². The molecule has 0 aliphatic heterocycles. The van der Waals surface area contributed by atoms with Gasteiger partial charge in [-0.2, -0.15) is 0 Å². The molecule has 0 atom stereocenters. The molecule has 2 aromatic carbocycles. The molecule has 3 N–H and O–H groups in total. The van der Waals surface area contributed by atoms with Gasteiger partial charge >= 0.3 is 5.97 Å². The summed E-state index contributed by atoms with van der Waals surface area (Å²) in [5.41, 5.74) is 6.19. The van der Waals surface area contributed by atoms with E-state index in [0.29, 0.717) is 22.3 Å². The van der Waals surface area contributed by atoms with E-state index >= 15 is 0 Å². The molecule has 1 heterocycles. The Hall–Kier alpha value is -3.22. The van der Waals surface area contributed by atoms with Crippen LogP contribution in [0.1, 0.15) is 40.2 Å². The molecule has 1 saturated carbocycles. The number of aromatic carboxylic acids is 1. The van der Waals surface area contributed by atoms with Crippen molar-refractivity contribution in [1.29, 1.82) is 0 Å². The van der Waals surface area contributed by atoms with Crippen molar-refractivity contribution in [2.45, 2.75) is 25.7 Å². The molecule has 1 fully saturated rings. The van der Waals surface area contributed by atoms with Crippen molar-refractivity contribution in [3.05, 3.63) is 69.0 Å². The van der Waals surface area contributed by atoms with Gasteiger partial charge in [-0.15, -0.1) is 0 Å². The first-order valence-corrected chi connectivity index (χ1v) is 8.46. The van der Waals surface area contributed by atoms with Crippen LogP contribution in [0, 0.1) is 18.6 Å². The summed E-state index contributed by atoms with van der Waals surface area (Å²) in [5, 5.41) is 9.36. The number of aromatic nitrogens is 1. The Kier molecular flexibility index (Phi) is 3.76. The second kappa shape index (κ2) is 5.90. The zero-order chi connectivity index (χ0) is 19.5. The highest BCUT2D eigenvalue weighted by Gasteiger charge is 2.30. The number of nitrogens with two attached hydrogens (primary N) is 1. The monoisotopic (exact) mass is 370 g/mol. The van der Waals surface area contributed by atoms with Gasteiger partial charge in [-0.3, -0.25) is 4.79 Å². The molecule has 138 valence electrons. The van der Waals surface area contributed by atoms with Gasteiger partial charge in [-0.05, 0) is 61.1 Å². The summed E-state index contributed by atoms with van der Waals surface area (Å²) in [7, 11) is 0. The van der Waals surface area contributed by atoms with Crippen molar-refractivity contribution < 1.29 is 18.7 Å². The molecule has 7 heteroatoms. The van der Waals surface area contributed by atoms with Gasteiger partial charge in [0.05, 0.1) is 16.6 Å². The number of pyridine rings is 1. The fourth-order valence-corrected chi connectivity index (χ4v) is 3.57. The van der Waals surface area contributed by atoms with Gasteiger partial charge in [0.2, 0.25) is 5.43 Å². The molecule has 5 nitrogen and oxygen atoms in total. The maximum Gasteiger partial charge on any atom is 0.341 e. The van der Waals surface area contributed by atoms with Gasteiger partial charge in [0.15, 0.2) is 0 Å². The predicted molar refractivity (Wildman–Crippen MR) is 97.5 cm³/mol. The maximum atomic E-state index is 14.7. The second-order valence-corrected chi connectivity index (χ2v) is 6.82. The van der Waals surface area contributed by atoms with Crippen molar-refractivity contribution in [3.63, 3.8) is 0 Å². The summed E-state index contributed by atoms with van der Waals surface area (Å²) in [6, 6.07) is 5.05. The van der Waals surface area contributed by atoms with E-state index in [-0.39, 0.29) is 17.0 Å². The number of aryl methyl sites for hydroxylation is 1. The van der Waals surface area contributed by atoms with Crippen LogP contribution in [0.3, 0.4) is 0 Å². The largest absolute Gasteiger partial charge is 0.477 e. The van der Waals surface area contributed by atoms with E-state index in [1.165, 1.54) is 22.9 Å². The van der Waals surface area contributed by atoms with Crippen LogP contribution >= 0.6 is 0 Å². The lowest BCUT2D eigenvalue weighted by Crippen LogP contribution is -2.20. The lowest BCUT2D eigenvalue weighted by atomic mass is 9.98. The molecule has 0 radical (unpaired) electrons. The Bertz CT molecular complexity index is 1180. The van der Waals surface area contributed by atoms with Crippen LogP contribution in [-0.4, -0.2) is 15.6 Å². The third-order valence-electron chi connectivity index (χ3n) is 5.00. The van der Waals surface area contributed by atoms with Crippen LogP contribution in [0.4, 0.5) is 14.5 Å². The molecule has 1 aliphatic rings. The minimum atomic E-state index is -1.42. The van der Waals surface area contributed by atoms with E-state index in [1.54, 1.807) is 6.92 Å². The Labute approximate surface area is 152 Å². The Morgan fingerprint density at radius 2 is 1.93 bits per heavy atom. The van der Waals surface area contributed by atoms with Crippen LogP contribution in [0.15, 0.2) is 35.3 Å². The highest BCUT2D eigenvalue weighted by atomic mass is 19.1. The molecule has 0 saturated heterocycles. The number of carboxylic acid groups (broad SMARTS) is 1. The molecule has 0 bridgehead atoms. The van der Waals surface area contributed by atoms with Crippen molar-refractivity contribution in [1.82, 2.24) is 4.57 Å². The molecule has 1 aromatic heterocycles. The summed E-state index contributed by atoms with van der Waals surface area (Å²) >= 11 is 0. The summed E-state index contributed by atoms with van der Waals surface area (Å²) in [5.74, 6) is -2.44. The summed E-state index contributed by atoms with van der Waals surface area (Å²) in [6.45, 7) is 1.71. The lowest BCUT2D eigenvalue weighted by Gasteiger charge is -2.18. The number of halogens is 2. The standard InChI is InChI=1S/C20H16F2N2O3/c1-9-17(10-2-3-10)15(22)7-12-18(9)24(8-13(19(12)25)20(26)27)11-4-5-14(21)16(23)6-11/h4-8,10H,2-3,23H2,1H3,(H,26,27). The highest BCUT2D eigenvalue weighted by Crippen LogP contribution is 2.44. The first-order valence-electron chi connectivity index (χ1n) is 8.46. The van der Waals surface area contributed by atoms with Gasteiger partial charge in [0.1, 0.15) is 17.2 Å². The van der Waals surface area contributed by atoms with Crippen molar-refractivity contribution in [2.75, 3.05) is 5.73 Å². The highest BCUT2D eigenvalue weighted by molar-refractivity contribution is 5.94. The number of carboxylic acids is 1. The number of carbonyl (C=O) groups is 1. The molecule has 27 heavy (non-hydrogen) atoms. The zero-order valence-electron chi connectivity index (χ0n) is 14.4. The average molecular weight is 370 g/mol. The Morgan fingerprint density at radius 3 is 2.52 bits per heavy atom. The van der Waals surface area contributed by atoms with Gasteiger partial charge in [0.25, 0.3) is 0 Å². The number of rotatable bonds is 3. The Balaban J connectivity index is 2.16.